The van der Waals surface area contributed by atoms with Crippen LogP contribution in [0.15, 0.2) is 207 Å². The van der Waals surface area contributed by atoms with Crippen molar-refractivity contribution in [3.05, 3.63) is 229 Å². The van der Waals surface area contributed by atoms with Gasteiger partial charge in [0.1, 0.15) is 0 Å². The highest BCUT2D eigenvalue weighted by Crippen LogP contribution is 2.62. The Balaban J connectivity index is 1.15. The first-order valence-electron chi connectivity index (χ1n) is 20.0. The lowest BCUT2D eigenvalue weighted by Gasteiger charge is -2.35. The second-order valence-electron chi connectivity index (χ2n) is 15.3. The molecule has 0 amide bonds. The first kappa shape index (κ1) is 33.3. The summed E-state index contributed by atoms with van der Waals surface area (Å²) < 4.78 is 0. The summed E-state index contributed by atoms with van der Waals surface area (Å²) >= 11 is 0. The molecule has 2 aliphatic carbocycles. The molecule has 1 unspecified atom stereocenters. The van der Waals surface area contributed by atoms with Crippen molar-refractivity contribution in [1.29, 1.82) is 0 Å². The minimum atomic E-state index is -0.629. The van der Waals surface area contributed by atoms with Crippen molar-refractivity contribution in [2.75, 3.05) is 0 Å². The van der Waals surface area contributed by atoms with E-state index in [4.69, 9.17) is 19.9 Å². The molecule has 1 spiro atoms. The smallest absolute Gasteiger partial charge is 0.160 e. The maximum atomic E-state index is 5.32. The SMILES string of the molecule is c1ccc(-c2ncc(-c3cc(-c4ccc5c(c4)C4(c6ccccc6-c6ccccc6-5)c5ccccc5-c5c4ccc4ccccc54)nc(-c4ccccc4)n3)cn2)cc1. The minimum absolute atomic E-state index is 0.629. The van der Waals surface area contributed by atoms with Gasteiger partial charge in [-0.05, 0) is 78.5 Å². The van der Waals surface area contributed by atoms with Crippen molar-refractivity contribution in [2.45, 2.75) is 5.41 Å². The van der Waals surface area contributed by atoms with Gasteiger partial charge < -0.3 is 0 Å². The van der Waals surface area contributed by atoms with Gasteiger partial charge in [-0.15, -0.1) is 0 Å². The Kier molecular flexibility index (Phi) is 7.41. The summed E-state index contributed by atoms with van der Waals surface area (Å²) in [6.45, 7) is 0. The Hall–Kier alpha value is -7.82. The van der Waals surface area contributed by atoms with E-state index in [1.54, 1.807) is 0 Å². The van der Waals surface area contributed by atoms with Crippen molar-refractivity contribution >= 4 is 10.8 Å². The van der Waals surface area contributed by atoms with Crippen molar-refractivity contribution < 1.29 is 0 Å². The van der Waals surface area contributed by atoms with Gasteiger partial charge in [-0.2, -0.15) is 0 Å². The monoisotopic (exact) mass is 750 g/mol. The second kappa shape index (κ2) is 13.1. The van der Waals surface area contributed by atoms with E-state index in [0.29, 0.717) is 11.6 Å². The Morgan fingerprint density at radius 3 is 1.58 bits per heavy atom. The van der Waals surface area contributed by atoms with Crippen LogP contribution in [0.25, 0.3) is 89.4 Å². The van der Waals surface area contributed by atoms with Crippen molar-refractivity contribution in [3.8, 4) is 78.7 Å². The predicted octanol–water partition coefficient (Wildman–Crippen LogP) is 13.1. The van der Waals surface area contributed by atoms with E-state index < -0.39 is 5.41 Å². The molecule has 0 radical (unpaired) electrons. The van der Waals surface area contributed by atoms with Gasteiger partial charge in [0.2, 0.25) is 0 Å². The van der Waals surface area contributed by atoms with Crippen LogP contribution >= 0.6 is 0 Å². The topological polar surface area (TPSA) is 51.6 Å². The lowest BCUT2D eigenvalue weighted by Crippen LogP contribution is -2.29. The molecule has 12 rings (SSSR count). The summed E-state index contributed by atoms with van der Waals surface area (Å²) in [5.41, 5.74) is 17.2. The molecule has 0 saturated heterocycles. The van der Waals surface area contributed by atoms with E-state index in [-0.39, 0.29) is 0 Å². The van der Waals surface area contributed by atoms with Gasteiger partial charge in [-0.25, -0.2) is 19.9 Å². The number of fused-ring (bicyclic) bond motifs is 14. The molecule has 4 nitrogen and oxygen atoms in total. The molecule has 10 aromatic rings. The zero-order valence-electron chi connectivity index (χ0n) is 31.9. The van der Waals surface area contributed by atoms with Crippen molar-refractivity contribution in [3.63, 3.8) is 0 Å². The largest absolute Gasteiger partial charge is 0.236 e. The molecule has 274 valence electrons. The highest BCUT2D eigenvalue weighted by molar-refractivity contribution is 6.06. The molecule has 2 aromatic heterocycles. The van der Waals surface area contributed by atoms with Crippen LogP contribution in [-0.2, 0) is 5.41 Å². The zero-order valence-corrected chi connectivity index (χ0v) is 31.9. The highest BCUT2D eigenvalue weighted by atomic mass is 14.9. The normalized spacial score (nSPS) is 14.5. The minimum Gasteiger partial charge on any atom is -0.236 e. The first-order valence-corrected chi connectivity index (χ1v) is 20.0. The lowest BCUT2D eigenvalue weighted by atomic mass is 9.65. The summed E-state index contributed by atoms with van der Waals surface area (Å²) in [6.07, 6.45) is 3.74. The van der Waals surface area contributed by atoms with E-state index in [2.05, 4.69) is 146 Å². The van der Waals surface area contributed by atoms with Crippen LogP contribution in [0.1, 0.15) is 22.3 Å². The van der Waals surface area contributed by atoms with Gasteiger partial charge in [-0.3, -0.25) is 0 Å². The maximum Gasteiger partial charge on any atom is 0.160 e. The third-order valence-electron chi connectivity index (χ3n) is 12.2. The van der Waals surface area contributed by atoms with Crippen LogP contribution in [0, 0.1) is 0 Å². The summed E-state index contributed by atoms with van der Waals surface area (Å²) in [5, 5.41) is 2.50. The van der Waals surface area contributed by atoms with E-state index in [1.165, 1.54) is 66.4 Å². The maximum absolute atomic E-state index is 5.32. The number of benzene rings is 8. The van der Waals surface area contributed by atoms with Gasteiger partial charge in [0.25, 0.3) is 0 Å². The van der Waals surface area contributed by atoms with E-state index in [1.807, 2.05) is 60.9 Å². The average Bonchev–Trinajstić information content (AvgIpc) is 3.57. The van der Waals surface area contributed by atoms with Gasteiger partial charge in [0, 0.05) is 34.6 Å². The van der Waals surface area contributed by atoms with Crippen LogP contribution in [0.5, 0.6) is 0 Å². The van der Waals surface area contributed by atoms with Crippen molar-refractivity contribution in [1.82, 2.24) is 19.9 Å². The molecule has 59 heavy (non-hydrogen) atoms. The first-order chi connectivity index (χ1) is 29.3. The summed E-state index contributed by atoms with van der Waals surface area (Å²) in [5.74, 6) is 1.32. The van der Waals surface area contributed by atoms with Crippen LogP contribution in [-0.4, -0.2) is 19.9 Å². The molecule has 8 aromatic carbocycles. The molecule has 1 atom stereocenters. The van der Waals surface area contributed by atoms with E-state index in [0.717, 1.165) is 33.6 Å². The molecule has 0 saturated carbocycles. The molecule has 0 aliphatic heterocycles. The van der Waals surface area contributed by atoms with Gasteiger partial charge in [0.05, 0.1) is 16.8 Å². The quantitative estimate of drug-likeness (QED) is 0.180. The fraction of sp³-hybridized carbons (Fsp3) is 0.0182. The third kappa shape index (κ3) is 5.03. The number of rotatable bonds is 4. The third-order valence-corrected chi connectivity index (χ3v) is 12.2. The number of aromatic nitrogens is 4. The van der Waals surface area contributed by atoms with Crippen LogP contribution in [0.3, 0.4) is 0 Å². The lowest BCUT2D eigenvalue weighted by molar-refractivity contribution is 0.776. The Labute approximate surface area is 342 Å². The highest BCUT2D eigenvalue weighted by Gasteiger charge is 2.50. The predicted molar refractivity (Wildman–Crippen MR) is 239 cm³/mol. The van der Waals surface area contributed by atoms with E-state index in [9.17, 15) is 0 Å². The average molecular weight is 751 g/mol. The molecular weight excluding hydrogens is 717 g/mol. The molecule has 0 N–H and O–H groups in total. The summed E-state index contributed by atoms with van der Waals surface area (Å²) in [6, 6.07) is 69.8. The van der Waals surface area contributed by atoms with Gasteiger partial charge in [-0.1, -0.05) is 182 Å². The molecular formula is C55H34N4. The fourth-order valence-electron chi connectivity index (χ4n) is 9.68. The van der Waals surface area contributed by atoms with E-state index >= 15 is 0 Å². The zero-order chi connectivity index (χ0) is 38.9. The van der Waals surface area contributed by atoms with Crippen LogP contribution in [0.2, 0.25) is 0 Å². The second-order valence-corrected chi connectivity index (χ2v) is 15.3. The Morgan fingerprint density at radius 1 is 0.322 bits per heavy atom. The van der Waals surface area contributed by atoms with Crippen molar-refractivity contribution in [2.24, 2.45) is 0 Å². The summed E-state index contributed by atoms with van der Waals surface area (Å²) in [4.78, 5) is 20.0. The fourth-order valence-corrected chi connectivity index (χ4v) is 9.68. The number of nitrogens with zero attached hydrogens (tertiary/aromatic N) is 4. The molecule has 0 fully saturated rings. The molecule has 2 aliphatic rings. The summed E-state index contributed by atoms with van der Waals surface area (Å²) in [7, 11) is 0. The van der Waals surface area contributed by atoms with Crippen LogP contribution < -0.4 is 0 Å². The molecule has 0 bridgehead atoms. The Bertz CT molecular complexity index is 3270. The van der Waals surface area contributed by atoms with Crippen LogP contribution in [0.4, 0.5) is 0 Å². The van der Waals surface area contributed by atoms with Gasteiger partial charge in [0.15, 0.2) is 11.6 Å². The number of hydrogen-bond donors (Lipinski definition) is 0. The number of hydrogen-bond acceptors (Lipinski definition) is 4. The Morgan fingerprint density at radius 2 is 0.864 bits per heavy atom. The van der Waals surface area contributed by atoms with Gasteiger partial charge >= 0.3 is 0 Å². The molecule has 4 heteroatoms. The molecule has 2 heterocycles. The standard InChI is InChI=1S/C55H34N4/c1-3-16-36(17-4-1)53-56-33-39(34-57-53)51-32-50(58-54(59-51)37-18-5-2-6-19-37)38-27-29-44-42-22-10-9-21-41(42)43-23-11-13-25-46(43)55(49(44)31-38)47-26-14-12-24-45(47)52-40-20-8-7-15-35(40)28-30-48(52)55/h1-34H.